The second-order valence-electron chi connectivity index (χ2n) is 11.9. The Kier molecular flexibility index (Phi) is 13.0. The van der Waals surface area contributed by atoms with Crippen molar-refractivity contribution in [2.24, 2.45) is 5.92 Å². The zero-order chi connectivity index (χ0) is 32.4. The first-order valence-electron chi connectivity index (χ1n) is 15.3. The number of carbonyl (C=O) groups is 2. The normalized spacial score (nSPS) is 21.2. The van der Waals surface area contributed by atoms with Crippen molar-refractivity contribution >= 4 is 27.6 Å². The predicted molar refractivity (Wildman–Crippen MR) is 170 cm³/mol. The first kappa shape index (κ1) is 35.3. The molecule has 44 heavy (non-hydrogen) atoms. The average molecular weight is 633 g/mol. The highest BCUT2D eigenvalue weighted by molar-refractivity contribution is 7.89. The first-order valence-corrected chi connectivity index (χ1v) is 16.7. The Labute approximate surface area is 262 Å². The highest BCUT2D eigenvalue weighted by Crippen LogP contribution is 2.29. The summed E-state index contributed by atoms with van der Waals surface area (Å²) in [6.07, 6.45) is 1.55. The molecule has 0 radical (unpaired) electrons. The van der Waals surface area contributed by atoms with Crippen LogP contribution in [0.3, 0.4) is 0 Å². The number of ether oxygens (including phenoxy) is 2. The molecule has 0 saturated heterocycles. The second kappa shape index (κ2) is 16.2. The number of anilines is 1. The number of hydrogen-bond acceptors (Lipinski definition) is 7. The SMILES string of the molecule is CC(C)NC(=O)Nc1ccc2c(c1)C(=O)N([C@@H](C)CO)C[C@@H](C)[C@@H](CN(C)S(=O)(=O)c1ccccc1)OCCCC[C@H](C)O2. The van der Waals surface area contributed by atoms with Gasteiger partial charge in [0, 0.05) is 44.4 Å². The molecule has 3 amide bonds. The maximum Gasteiger partial charge on any atom is 0.319 e. The summed E-state index contributed by atoms with van der Waals surface area (Å²) in [4.78, 5) is 28.4. The summed E-state index contributed by atoms with van der Waals surface area (Å²) in [5.41, 5.74) is 0.677. The molecule has 0 aliphatic carbocycles. The number of sulfonamides is 1. The number of amides is 3. The van der Waals surface area contributed by atoms with Crippen molar-refractivity contribution in [2.45, 2.75) is 83.1 Å². The Hall–Kier alpha value is -3.19. The molecule has 3 N–H and O–H groups in total. The molecule has 0 saturated carbocycles. The van der Waals surface area contributed by atoms with E-state index in [1.807, 2.05) is 27.7 Å². The highest BCUT2D eigenvalue weighted by atomic mass is 32.2. The minimum atomic E-state index is -3.76. The molecule has 0 unspecified atom stereocenters. The molecule has 1 aliphatic heterocycles. The highest BCUT2D eigenvalue weighted by Gasteiger charge is 2.32. The van der Waals surface area contributed by atoms with Crippen LogP contribution in [0, 0.1) is 5.92 Å². The summed E-state index contributed by atoms with van der Waals surface area (Å²) in [5.74, 6) is -0.293. The summed E-state index contributed by atoms with van der Waals surface area (Å²) >= 11 is 0. The Bertz CT molecular complexity index is 1340. The van der Waals surface area contributed by atoms with Crippen molar-refractivity contribution < 1.29 is 32.6 Å². The van der Waals surface area contributed by atoms with Crippen LogP contribution < -0.4 is 15.4 Å². The van der Waals surface area contributed by atoms with Crippen LogP contribution in [0.2, 0.25) is 0 Å². The number of aliphatic hydroxyl groups is 1. The van der Waals surface area contributed by atoms with Gasteiger partial charge in [0.05, 0.1) is 35.3 Å². The molecule has 0 aromatic heterocycles. The fourth-order valence-electron chi connectivity index (χ4n) is 5.02. The monoisotopic (exact) mass is 632 g/mol. The van der Waals surface area contributed by atoms with E-state index in [0.717, 1.165) is 12.8 Å². The predicted octanol–water partition coefficient (Wildman–Crippen LogP) is 4.33. The smallest absolute Gasteiger partial charge is 0.319 e. The van der Waals surface area contributed by atoms with Gasteiger partial charge in [-0.2, -0.15) is 4.31 Å². The van der Waals surface area contributed by atoms with Gasteiger partial charge in [-0.15, -0.1) is 0 Å². The number of nitrogens with zero attached hydrogens (tertiary/aromatic N) is 2. The minimum Gasteiger partial charge on any atom is -0.490 e. The number of hydrogen-bond donors (Lipinski definition) is 3. The van der Waals surface area contributed by atoms with Gasteiger partial charge in [0.2, 0.25) is 10.0 Å². The number of nitrogens with one attached hydrogen (secondary N) is 2. The molecule has 11 nitrogen and oxygen atoms in total. The second-order valence-corrected chi connectivity index (χ2v) is 13.9. The minimum absolute atomic E-state index is 0.0719. The Morgan fingerprint density at radius 3 is 2.48 bits per heavy atom. The van der Waals surface area contributed by atoms with Crippen LogP contribution in [-0.4, -0.2) is 92.3 Å². The van der Waals surface area contributed by atoms with E-state index in [-0.39, 0.29) is 54.1 Å². The van der Waals surface area contributed by atoms with Crippen molar-refractivity contribution in [1.82, 2.24) is 14.5 Å². The number of urea groups is 1. The molecule has 0 bridgehead atoms. The van der Waals surface area contributed by atoms with E-state index in [2.05, 4.69) is 10.6 Å². The van der Waals surface area contributed by atoms with Gasteiger partial charge in [-0.25, -0.2) is 13.2 Å². The average Bonchev–Trinajstić information content (AvgIpc) is 2.98. The molecular weight excluding hydrogens is 584 g/mol. The Balaban J connectivity index is 1.96. The standard InChI is InChI=1S/C32H48N4O7S/c1-22(2)33-32(39)34-26-15-16-29-28(18-26)31(38)36(24(4)21-37)19-23(3)30(42-17-11-10-12-25(5)43-29)20-35(6)44(40,41)27-13-8-7-9-14-27/h7-9,13-16,18,22-25,30,37H,10-12,17,19-21H2,1-6H3,(H2,33,34,39)/t23-,24+,25+,30-/m1/s1. The maximum atomic E-state index is 14.2. The molecular formula is C32H48N4O7S. The zero-order valence-corrected chi connectivity index (χ0v) is 27.5. The Morgan fingerprint density at radius 1 is 1.11 bits per heavy atom. The van der Waals surface area contributed by atoms with Gasteiger partial charge in [-0.1, -0.05) is 25.1 Å². The lowest BCUT2D eigenvalue weighted by Crippen LogP contribution is -2.48. The summed E-state index contributed by atoms with van der Waals surface area (Å²) in [6.45, 7) is 9.71. The number of carbonyl (C=O) groups excluding carboxylic acids is 2. The number of rotatable bonds is 8. The molecule has 1 heterocycles. The maximum absolute atomic E-state index is 14.2. The summed E-state index contributed by atoms with van der Waals surface area (Å²) in [7, 11) is -2.23. The molecule has 244 valence electrons. The topological polar surface area (TPSA) is 138 Å². The van der Waals surface area contributed by atoms with Gasteiger partial charge in [-0.05, 0) is 77.3 Å². The van der Waals surface area contributed by atoms with Gasteiger partial charge in [0.25, 0.3) is 5.91 Å². The molecule has 2 aromatic rings. The lowest BCUT2D eigenvalue weighted by Gasteiger charge is -2.35. The molecule has 0 spiro atoms. The van der Waals surface area contributed by atoms with E-state index in [1.54, 1.807) is 60.4 Å². The van der Waals surface area contributed by atoms with E-state index < -0.39 is 28.2 Å². The quantitative estimate of drug-likeness (QED) is 0.394. The van der Waals surface area contributed by atoms with Crippen LogP contribution >= 0.6 is 0 Å². The van der Waals surface area contributed by atoms with Gasteiger partial charge < -0.3 is 30.1 Å². The third-order valence-electron chi connectivity index (χ3n) is 7.62. The third-order valence-corrected chi connectivity index (χ3v) is 9.46. The fourth-order valence-corrected chi connectivity index (χ4v) is 6.22. The summed E-state index contributed by atoms with van der Waals surface area (Å²) < 4.78 is 40.4. The van der Waals surface area contributed by atoms with Gasteiger partial charge in [-0.3, -0.25) is 4.79 Å². The van der Waals surface area contributed by atoms with Crippen molar-refractivity contribution in [3.8, 4) is 5.75 Å². The first-order chi connectivity index (χ1) is 20.8. The van der Waals surface area contributed by atoms with Crippen LogP contribution in [0.25, 0.3) is 0 Å². The van der Waals surface area contributed by atoms with Crippen LogP contribution in [0.1, 0.15) is 64.2 Å². The third kappa shape index (κ3) is 9.65. The van der Waals surface area contributed by atoms with Gasteiger partial charge in [0.15, 0.2) is 0 Å². The molecule has 4 atom stereocenters. The largest absolute Gasteiger partial charge is 0.490 e. The Morgan fingerprint density at radius 2 is 1.82 bits per heavy atom. The van der Waals surface area contributed by atoms with E-state index in [1.165, 1.54) is 11.4 Å². The number of likely N-dealkylation sites (N-methyl/N-ethyl adjacent to an activating group) is 1. The lowest BCUT2D eigenvalue weighted by molar-refractivity contribution is -0.00833. The van der Waals surface area contributed by atoms with Crippen LogP contribution in [0.15, 0.2) is 53.4 Å². The number of benzene rings is 2. The van der Waals surface area contributed by atoms with E-state index >= 15 is 0 Å². The van der Waals surface area contributed by atoms with Gasteiger partial charge >= 0.3 is 6.03 Å². The van der Waals surface area contributed by atoms with Crippen molar-refractivity contribution in [1.29, 1.82) is 0 Å². The van der Waals surface area contributed by atoms with Crippen molar-refractivity contribution in [3.05, 3.63) is 54.1 Å². The molecule has 3 rings (SSSR count). The summed E-state index contributed by atoms with van der Waals surface area (Å²) in [5, 5.41) is 15.7. The van der Waals surface area contributed by atoms with Crippen LogP contribution in [0.5, 0.6) is 5.75 Å². The molecule has 12 heteroatoms. The lowest BCUT2D eigenvalue weighted by atomic mass is 10.0. The summed E-state index contributed by atoms with van der Waals surface area (Å²) in [6, 6.07) is 12.2. The fraction of sp³-hybridized carbons (Fsp3) is 0.562. The van der Waals surface area contributed by atoms with E-state index in [9.17, 15) is 23.1 Å². The van der Waals surface area contributed by atoms with Crippen molar-refractivity contribution in [2.75, 3.05) is 38.7 Å². The van der Waals surface area contributed by atoms with E-state index in [0.29, 0.717) is 24.5 Å². The number of aliphatic hydroxyl groups excluding tert-OH is 1. The number of fused-ring (bicyclic) bond motifs is 1. The van der Waals surface area contributed by atoms with Crippen LogP contribution in [-0.2, 0) is 14.8 Å². The molecule has 0 fully saturated rings. The van der Waals surface area contributed by atoms with Crippen LogP contribution in [0.4, 0.5) is 10.5 Å². The molecule has 1 aliphatic rings. The van der Waals surface area contributed by atoms with Gasteiger partial charge in [0.1, 0.15) is 5.75 Å². The molecule has 2 aromatic carbocycles. The zero-order valence-electron chi connectivity index (χ0n) is 26.7. The van der Waals surface area contributed by atoms with Crippen molar-refractivity contribution in [3.63, 3.8) is 0 Å². The van der Waals surface area contributed by atoms with E-state index in [4.69, 9.17) is 9.47 Å².